The van der Waals surface area contributed by atoms with E-state index >= 15 is 0 Å². The van der Waals surface area contributed by atoms with E-state index in [1.54, 1.807) is 16.7 Å². The lowest BCUT2D eigenvalue weighted by Crippen LogP contribution is -2.47. The maximum atomic E-state index is 13.6. The Labute approximate surface area is 240 Å². The second-order valence-corrected chi connectivity index (χ2v) is 11.3. The van der Waals surface area contributed by atoms with Gasteiger partial charge in [0.2, 0.25) is 29.6 Å². The minimum atomic E-state index is -0.717. The molecule has 1 atom stereocenters. The zero-order chi connectivity index (χ0) is 28.9. The maximum absolute atomic E-state index is 13.6. The van der Waals surface area contributed by atoms with E-state index in [1.807, 2.05) is 36.1 Å². The highest BCUT2D eigenvalue weighted by molar-refractivity contribution is 6.06. The van der Waals surface area contributed by atoms with Crippen LogP contribution in [-0.2, 0) is 19.2 Å². The normalized spacial score (nSPS) is 20.8. The molecule has 4 heterocycles. The van der Waals surface area contributed by atoms with Crippen molar-refractivity contribution in [2.75, 3.05) is 44.6 Å². The SMILES string of the molecule is CC(=O)N1CCC(C(=O)NC(=NC2CCCCN(CC(=O)N3CCCC3)C2=O)Nc2ccc3oc(C)cc3c2)CC1. The summed E-state index contributed by atoms with van der Waals surface area (Å²) in [7, 11) is 0. The summed E-state index contributed by atoms with van der Waals surface area (Å²) >= 11 is 0. The highest BCUT2D eigenvalue weighted by Crippen LogP contribution is 2.24. The van der Waals surface area contributed by atoms with Gasteiger partial charge in [0, 0.05) is 56.6 Å². The topological polar surface area (TPSA) is 128 Å². The molecule has 3 fully saturated rings. The van der Waals surface area contributed by atoms with Gasteiger partial charge in [0.25, 0.3) is 0 Å². The number of carbonyl (C=O) groups is 4. The van der Waals surface area contributed by atoms with E-state index in [2.05, 4.69) is 10.6 Å². The van der Waals surface area contributed by atoms with Gasteiger partial charge in [0.05, 0.1) is 6.54 Å². The van der Waals surface area contributed by atoms with E-state index in [0.717, 1.165) is 55.5 Å². The molecule has 41 heavy (non-hydrogen) atoms. The second kappa shape index (κ2) is 12.7. The van der Waals surface area contributed by atoms with Crippen LogP contribution in [0, 0.1) is 12.8 Å². The summed E-state index contributed by atoms with van der Waals surface area (Å²) < 4.78 is 5.69. The molecule has 0 radical (unpaired) electrons. The first-order chi connectivity index (χ1) is 19.8. The molecule has 0 spiro atoms. The Bertz CT molecular complexity index is 1320. The number of carbonyl (C=O) groups excluding carboxylic acids is 4. The molecule has 3 aliphatic heterocycles. The number of amides is 4. The number of furan rings is 1. The van der Waals surface area contributed by atoms with E-state index in [4.69, 9.17) is 9.41 Å². The first-order valence-corrected chi connectivity index (χ1v) is 14.7. The Balaban J connectivity index is 1.35. The predicted molar refractivity (Wildman–Crippen MR) is 155 cm³/mol. The van der Waals surface area contributed by atoms with Crippen LogP contribution < -0.4 is 10.6 Å². The first-order valence-electron chi connectivity index (χ1n) is 14.7. The third-order valence-corrected chi connectivity index (χ3v) is 8.28. The van der Waals surface area contributed by atoms with Gasteiger partial charge < -0.3 is 24.4 Å². The molecule has 1 unspecified atom stereocenters. The molecule has 2 N–H and O–H groups in total. The summed E-state index contributed by atoms with van der Waals surface area (Å²) in [5.74, 6) is 0.334. The van der Waals surface area contributed by atoms with Gasteiger partial charge in [-0.1, -0.05) is 0 Å². The van der Waals surface area contributed by atoms with Gasteiger partial charge >= 0.3 is 0 Å². The molecule has 0 bridgehead atoms. The van der Waals surface area contributed by atoms with Gasteiger partial charge in [-0.3, -0.25) is 24.5 Å². The van der Waals surface area contributed by atoms with Crippen LogP contribution in [0.5, 0.6) is 0 Å². The minimum Gasteiger partial charge on any atom is -0.461 e. The Morgan fingerprint density at radius 2 is 1.68 bits per heavy atom. The molecule has 0 saturated carbocycles. The molecule has 220 valence electrons. The number of nitrogens with one attached hydrogen (secondary N) is 2. The number of aryl methyl sites for hydroxylation is 1. The Morgan fingerprint density at radius 3 is 2.41 bits per heavy atom. The molecule has 1 aromatic heterocycles. The molecule has 5 rings (SSSR count). The third kappa shape index (κ3) is 7.07. The summed E-state index contributed by atoms with van der Waals surface area (Å²) in [5.41, 5.74) is 1.45. The highest BCUT2D eigenvalue weighted by atomic mass is 16.3. The van der Waals surface area contributed by atoms with Gasteiger partial charge in [-0.05, 0) is 76.1 Å². The second-order valence-electron chi connectivity index (χ2n) is 11.3. The summed E-state index contributed by atoms with van der Waals surface area (Å²) in [6.07, 6.45) is 5.25. The van der Waals surface area contributed by atoms with Crippen LogP contribution in [0.2, 0.25) is 0 Å². The number of hydrogen-bond acceptors (Lipinski definition) is 6. The number of likely N-dealkylation sites (tertiary alicyclic amines) is 3. The smallest absolute Gasteiger partial charge is 0.247 e. The van der Waals surface area contributed by atoms with E-state index in [0.29, 0.717) is 44.6 Å². The minimum absolute atomic E-state index is 0.0114. The van der Waals surface area contributed by atoms with Crippen molar-refractivity contribution in [1.82, 2.24) is 20.0 Å². The molecular formula is C30H40N6O5. The van der Waals surface area contributed by atoms with Gasteiger partial charge in [-0.2, -0.15) is 0 Å². The van der Waals surface area contributed by atoms with Crippen molar-refractivity contribution >= 4 is 46.2 Å². The van der Waals surface area contributed by atoms with E-state index < -0.39 is 6.04 Å². The fraction of sp³-hybridized carbons (Fsp3) is 0.567. The number of fused-ring (bicyclic) bond motifs is 1. The van der Waals surface area contributed by atoms with E-state index in [9.17, 15) is 19.2 Å². The maximum Gasteiger partial charge on any atom is 0.247 e. The van der Waals surface area contributed by atoms with Crippen molar-refractivity contribution in [1.29, 1.82) is 0 Å². The molecule has 11 nitrogen and oxygen atoms in total. The lowest BCUT2D eigenvalue weighted by atomic mass is 9.96. The van der Waals surface area contributed by atoms with Crippen LogP contribution in [0.15, 0.2) is 33.7 Å². The zero-order valence-electron chi connectivity index (χ0n) is 24.0. The number of rotatable bonds is 5. The van der Waals surface area contributed by atoms with Gasteiger partial charge in [-0.25, -0.2) is 4.99 Å². The number of benzene rings is 1. The standard InChI is InChI=1S/C30H40N6O5/c1-20-17-23-18-24(8-9-26(23)41-20)31-30(33-28(39)22-10-15-34(16-11-22)21(2)37)32-25-7-3-4-14-36(29(25)40)19-27(38)35-12-5-6-13-35/h8-9,17-18,22,25H,3-7,10-16,19H2,1-2H3,(H2,31,32,33,39). The summed E-state index contributed by atoms with van der Waals surface area (Å²) in [5, 5.41) is 7.09. The first kappa shape index (κ1) is 28.6. The Morgan fingerprint density at radius 1 is 0.951 bits per heavy atom. The molecule has 4 amide bonds. The van der Waals surface area contributed by atoms with Gasteiger partial charge in [0.1, 0.15) is 17.4 Å². The van der Waals surface area contributed by atoms with Crippen LogP contribution in [0.1, 0.15) is 57.6 Å². The average Bonchev–Trinajstić information content (AvgIpc) is 3.59. The number of piperidine rings is 1. The zero-order valence-corrected chi connectivity index (χ0v) is 24.0. The molecule has 3 aliphatic rings. The molecule has 1 aromatic carbocycles. The van der Waals surface area contributed by atoms with E-state index in [1.165, 1.54) is 0 Å². The molecule has 3 saturated heterocycles. The number of anilines is 1. The van der Waals surface area contributed by atoms with Crippen molar-refractivity contribution in [3.63, 3.8) is 0 Å². The third-order valence-electron chi connectivity index (χ3n) is 8.28. The Kier molecular flexibility index (Phi) is 8.90. The predicted octanol–water partition coefficient (Wildman–Crippen LogP) is 2.89. The Hall–Kier alpha value is -3.89. The van der Waals surface area contributed by atoms with Crippen molar-refractivity contribution in [3.8, 4) is 0 Å². The number of hydrogen-bond donors (Lipinski definition) is 2. The molecule has 0 aliphatic carbocycles. The van der Waals surface area contributed by atoms with E-state index in [-0.39, 0.29) is 42.1 Å². The van der Waals surface area contributed by atoms with Crippen LogP contribution in [0.4, 0.5) is 5.69 Å². The summed E-state index contributed by atoms with van der Waals surface area (Å²) in [4.78, 5) is 61.5. The fourth-order valence-corrected chi connectivity index (χ4v) is 5.91. The number of nitrogens with zero attached hydrogens (tertiary/aromatic N) is 4. The summed E-state index contributed by atoms with van der Waals surface area (Å²) in [6.45, 7) is 6.56. The molecule has 2 aromatic rings. The lowest BCUT2D eigenvalue weighted by molar-refractivity contribution is -0.140. The quantitative estimate of drug-likeness (QED) is 0.425. The lowest BCUT2D eigenvalue weighted by Gasteiger charge is -2.30. The van der Waals surface area contributed by atoms with Gasteiger partial charge in [0.15, 0.2) is 0 Å². The van der Waals surface area contributed by atoms with Crippen LogP contribution in [-0.4, -0.2) is 89.6 Å². The molecular weight excluding hydrogens is 524 g/mol. The fourth-order valence-electron chi connectivity index (χ4n) is 5.91. The van der Waals surface area contributed by atoms with Crippen molar-refractivity contribution < 1.29 is 23.6 Å². The van der Waals surface area contributed by atoms with Crippen LogP contribution in [0.25, 0.3) is 11.0 Å². The summed E-state index contributed by atoms with van der Waals surface area (Å²) in [6, 6.07) is 6.82. The van der Waals surface area contributed by atoms with Crippen LogP contribution >= 0.6 is 0 Å². The molecule has 11 heteroatoms. The largest absolute Gasteiger partial charge is 0.461 e. The van der Waals surface area contributed by atoms with Crippen molar-refractivity contribution in [3.05, 3.63) is 30.0 Å². The van der Waals surface area contributed by atoms with Crippen LogP contribution in [0.3, 0.4) is 0 Å². The highest BCUT2D eigenvalue weighted by Gasteiger charge is 2.31. The average molecular weight is 565 g/mol. The van der Waals surface area contributed by atoms with Crippen molar-refractivity contribution in [2.45, 2.75) is 64.8 Å². The van der Waals surface area contributed by atoms with Crippen molar-refractivity contribution in [2.24, 2.45) is 10.9 Å². The number of guanidine groups is 1. The number of aliphatic imine (C=N–C) groups is 1. The monoisotopic (exact) mass is 564 g/mol. The van der Waals surface area contributed by atoms with Gasteiger partial charge in [-0.15, -0.1) is 0 Å².